The molecular formula is C23H18FNO6. The van der Waals surface area contributed by atoms with Gasteiger partial charge >= 0.3 is 0 Å². The van der Waals surface area contributed by atoms with Gasteiger partial charge in [-0.05, 0) is 48.5 Å². The van der Waals surface area contributed by atoms with E-state index in [9.17, 15) is 19.1 Å². The van der Waals surface area contributed by atoms with Crippen molar-refractivity contribution in [2.45, 2.75) is 6.04 Å². The Morgan fingerprint density at radius 1 is 1.03 bits per heavy atom. The minimum atomic E-state index is -1.03. The Balaban J connectivity index is 1.90. The van der Waals surface area contributed by atoms with Gasteiger partial charge in [-0.3, -0.25) is 14.5 Å². The largest absolute Gasteiger partial charge is 0.507 e. The van der Waals surface area contributed by atoms with Crippen LogP contribution in [0.5, 0.6) is 11.5 Å². The Labute approximate surface area is 176 Å². The minimum Gasteiger partial charge on any atom is -0.507 e. The maximum Gasteiger partial charge on any atom is 0.300 e. The molecule has 7 nitrogen and oxygen atoms in total. The lowest BCUT2D eigenvalue weighted by atomic mass is 9.99. The zero-order chi connectivity index (χ0) is 22.1. The molecule has 1 saturated heterocycles. The quantitative estimate of drug-likeness (QED) is 0.378. The highest BCUT2D eigenvalue weighted by Crippen LogP contribution is 2.44. The summed E-state index contributed by atoms with van der Waals surface area (Å²) in [7, 11) is 2.93. The molecule has 0 saturated carbocycles. The zero-order valence-electron chi connectivity index (χ0n) is 16.7. The lowest BCUT2D eigenvalue weighted by Crippen LogP contribution is -2.29. The van der Waals surface area contributed by atoms with Crippen molar-refractivity contribution >= 4 is 23.1 Å². The monoisotopic (exact) mass is 423 g/mol. The summed E-state index contributed by atoms with van der Waals surface area (Å²) in [5, 5.41) is 10.9. The van der Waals surface area contributed by atoms with Gasteiger partial charge in [0.05, 0.1) is 26.1 Å². The van der Waals surface area contributed by atoms with Crippen LogP contribution in [-0.4, -0.2) is 31.0 Å². The van der Waals surface area contributed by atoms with Crippen LogP contribution in [0.1, 0.15) is 17.4 Å². The molecule has 0 bridgehead atoms. The van der Waals surface area contributed by atoms with Crippen molar-refractivity contribution < 1.29 is 33.0 Å². The second kappa shape index (κ2) is 7.98. The fourth-order valence-corrected chi connectivity index (χ4v) is 3.55. The number of aliphatic hydroxyl groups excluding tert-OH is 1. The highest BCUT2D eigenvalue weighted by atomic mass is 19.1. The van der Waals surface area contributed by atoms with Crippen molar-refractivity contribution in [3.63, 3.8) is 0 Å². The summed E-state index contributed by atoms with van der Waals surface area (Å²) in [6, 6.07) is 11.9. The number of Topliss-reactive ketones (excluding diaryl/α,β-unsaturated/α-hetero) is 1. The molecule has 1 fully saturated rings. The van der Waals surface area contributed by atoms with Crippen LogP contribution in [-0.2, 0) is 9.59 Å². The number of rotatable bonds is 5. The first kappa shape index (κ1) is 20.2. The fraction of sp³-hybridized carbons (Fsp3) is 0.130. The molecule has 0 aliphatic carbocycles. The molecule has 1 N–H and O–H groups in total. The van der Waals surface area contributed by atoms with Gasteiger partial charge in [-0.15, -0.1) is 0 Å². The lowest BCUT2D eigenvalue weighted by Gasteiger charge is -2.24. The van der Waals surface area contributed by atoms with E-state index in [0.29, 0.717) is 17.2 Å². The number of benzene rings is 2. The van der Waals surface area contributed by atoms with Crippen LogP contribution < -0.4 is 14.4 Å². The van der Waals surface area contributed by atoms with Crippen molar-refractivity contribution in [1.82, 2.24) is 0 Å². The summed E-state index contributed by atoms with van der Waals surface area (Å²) < 4.78 is 29.4. The number of furan rings is 1. The molecule has 2 heterocycles. The number of nitrogens with zero attached hydrogens (tertiary/aromatic N) is 1. The molecule has 0 spiro atoms. The molecule has 1 aliphatic heterocycles. The lowest BCUT2D eigenvalue weighted by molar-refractivity contribution is -0.132. The summed E-state index contributed by atoms with van der Waals surface area (Å²) >= 11 is 0. The summed E-state index contributed by atoms with van der Waals surface area (Å²) in [5.41, 5.74) is 0.379. The Bertz CT molecular complexity index is 1170. The molecule has 1 atom stereocenters. The van der Waals surface area contributed by atoms with Crippen LogP contribution in [0.3, 0.4) is 0 Å². The minimum absolute atomic E-state index is 0.165. The first-order valence-electron chi connectivity index (χ1n) is 9.28. The number of halogens is 1. The number of ketones is 1. The van der Waals surface area contributed by atoms with E-state index in [1.54, 1.807) is 30.3 Å². The summed E-state index contributed by atoms with van der Waals surface area (Å²) in [4.78, 5) is 27.2. The van der Waals surface area contributed by atoms with Crippen LogP contribution in [0, 0.1) is 5.82 Å². The fourth-order valence-electron chi connectivity index (χ4n) is 3.55. The Kier molecular flexibility index (Phi) is 5.21. The number of hydrogen-bond acceptors (Lipinski definition) is 6. The van der Waals surface area contributed by atoms with Crippen LogP contribution in [0.2, 0.25) is 0 Å². The van der Waals surface area contributed by atoms with Crippen LogP contribution in [0.25, 0.3) is 5.76 Å². The van der Waals surface area contributed by atoms with Gasteiger partial charge < -0.3 is 19.0 Å². The smallest absolute Gasteiger partial charge is 0.300 e. The maximum absolute atomic E-state index is 13.3. The van der Waals surface area contributed by atoms with Crippen LogP contribution in [0.4, 0.5) is 10.1 Å². The van der Waals surface area contributed by atoms with E-state index in [2.05, 4.69) is 0 Å². The van der Waals surface area contributed by atoms with E-state index in [0.717, 1.165) is 12.1 Å². The molecule has 2 aromatic carbocycles. The molecule has 1 amide bonds. The maximum atomic E-state index is 13.3. The van der Waals surface area contributed by atoms with Gasteiger partial charge in [0, 0.05) is 17.3 Å². The Hall–Kier alpha value is -4.07. The van der Waals surface area contributed by atoms with E-state index >= 15 is 0 Å². The number of aliphatic hydroxyl groups is 1. The third-order valence-corrected chi connectivity index (χ3v) is 5.02. The molecule has 1 unspecified atom stereocenters. The van der Waals surface area contributed by atoms with E-state index in [1.807, 2.05) is 0 Å². The number of anilines is 1. The predicted molar refractivity (Wildman–Crippen MR) is 109 cm³/mol. The molecule has 1 aromatic heterocycles. The summed E-state index contributed by atoms with van der Waals surface area (Å²) in [6.45, 7) is 0. The van der Waals surface area contributed by atoms with Crippen LogP contribution in [0.15, 0.2) is 70.9 Å². The molecule has 3 aromatic rings. The second-order valence-corrected chi connectivity index (χ2v) is 6.73. The molecule has 8 heteroatoms. The third kappa shape index (κ3) is 3.42. The summed E-state index contributed by atoms with van der Waals surface area (Å²) in [5.74, 6) is -1.58. The SMILES string of the molecule is COc1ccc(N2C(=O)C(=O)/C(=C(\O)c3ccc(F)cc3)C2c2ccco2)cc1OC. The zero-order valence-corrected chi connectivity index (χ0v) is 16.7. The number of carbonyl (C=O) groups is 2. The molecule has 4 rings (SSSR count). The first-order chi connectivity index (χ1) is 15.0. The molecule has 0 radical (unpaired) electrons. The van der Waals surface area contributed by atoms with Crippen molar-refractivity contribution in [3.05, 3.63) is 83.6 Å². The number of ether oxygens (including phenoxy) is 2. The Morgan fingerprint density at radius 2 is 1.74 bits per heavy atom. The average Bonchev–Trinajstić information content (AvgIpc) is 3.40. The van der Waals surface area contributed by atoms with E-state index in [-0.39, 0.29) is 16.9 Å². The van der Waals surface area contributed by atoms with Gasteiger partial charge in [0.15, 0.2) is 11.5 Å². The number of hydrogen-bond donors (Lipinski definition) is 1. The number of methoxy groups -OCH3 is 2. The van der Waals surface area contributed by atoms with Gasteiger partial charge in [0.25, 0.3) is 11.7 Å². The van der Waals surface area contributed by atoms with Crippen molar-refractivity contribution in [3.8, 4) is 11.5 Å². The highest BCUT2D eigenvalue weighted by molar-refractivity contribution is 6.51. The van der Waals surface area contributed by atoms with Crippen molar-refractivity contribution in [1.29, 1.82) is 0 Å². The number of amides is 1. The van der Waals surface area contributed by atoms with E-state index < -0.39 is 29.3 Å². The normalized spacial score (nSPS) is 17.8. The van der Waals surface area contributed by atoms with Gasteiger partial charge in [0.2, 0.25) is 0 Å². The first-order valence-corrected chi connectivity index (χ1v) is 9.28. The van der Waals surface area contributed by atoms with E-state index in [1.165, 1.54) is 37.5 Å². The standard InChI is InChI=1S/C23H18FNO6/c1-29-16-10-9-15(12-18(16)30-2)25-20(17-4-3-11-31-17)19(22(27)23(25)28)21(26)13-5-7-14(24)8-6-13/h3-12,20,26H,1-2H3/b21-19-. The van der Waals surface area contributed by atoms with Gasteiger partial charge in [-0.1, -0.05) is 0 Å². The molecular weight excluding hydrogens is 405 g/mol. The van der Waals surface area contributed by atoms with Gasteiger partial charge in [0.1, 0.15) is 23.4 Å². The average molecular weight is 423 g/mol. The summed E-state index contributed by atoms with van der Waals surface area (Å²) in [6.07, 6.45) is 1.40. The van der Waals surface area contributed by atoms with Crippen molar-refractivity contribution in [2.24, 2.45) is 0 Å². The second-order valence-electron chi connectivity index (χ2n) is 6.73. The molecule has 158 valence electrons. The van der Waals surface area contributed by atoms with Gasteiger partial charge in [-0.2, -0.15) is 0 Å². The topological polar surface area (TPSA) is 89.2 Å². The highest BCUT2D eigenvalue weighted by Gasteiger charge is 2.48. The molecule has 1 aliphatic rings. The Morgan fingerprint density at radius 3 is 2.35 bits per heavy atom. The van der Waals surface area contributed by atoms with E-state index in [4.69, 9.17) is 13.9 Å². The third-order valence-electron chi connectivity index (χ3n) is 5.02. The number of carbonyl (C=O) groups excluding carboxylic acids is 2. The van der Waals surface area contributed by atoms with Gasteiger partial charge in [-0.25, -0.2) is 4.39 Å². The predicted octanol–water partition coefficient (Wildman–Crippen LogP) is 4.06. The van der Waals surface area contributed by atoms with Crippen molar-refractivity contribution in [2.75, 3.05) is 19.1 Å². The van der Waals surface area contributed by atoms with Crippen LogP contribution >= 0.6 is 0 Å². The molecule has 31 heavy (non-hydrogen) atoms.